The molecule has 0 N–H and O–H groups in total. The topological polar surface area (TPSA) is 16.1 Å². The van der Waals surface area contributed by atoms with Gasteiger partial charge in [0.15, 0.2) is 0 Å². The first-order valence-electron chi connectivity index (χ1n) is 5.33. The molecule has 0 radical (unpaired) electrons. The Labute approximate surface area is 86.0 Å². The minimum Gasteiger partial charge on any atom is -0.300 e. The lowest BCUT2D eigenvalue weighted by Gasteiger charge is -2.24. The van der Waals surface area contributed by atoms with E-state index in [2.05, 4.69) is 36.8 Å². The van der Waals surface area contributed by atoms with Gasteiger partial charge in [0.25, 0.3) is 0 Å². The van der Waals surface area contributed by atoms with Crippen LogP contribution in [0.5, 0.6) is 0 Å². The summed E-state index contributed by atoms with van der Waals surface area (Å²) < 4.78 is 0. The van der Waals surface area contributed by atoms with Crippen LogP contribution in [0.2, 0.25) is 0 Å². The maximum absolute atomic E-state index is 4.55. The van der Waals surface area contributed by atoms with Crippen LogP contribution >= 0.6 is 0 Å². The molecule has 1 aromatic rings. The van der Waals surface area contributed by atoms with Crippen molar-refractivity contribution < 1.29 is 0 Å². The van der Waals surface area contributed by atoms with Gasteiger partial charge in [-0.3, -0.25) is 4.98 Å². The second kappa shape index (κ2) is 3.70. The molecule has 2 heterocycles. The number of likely N-dealkylation sites (N-methyl/N-ethyl adjacent to an activating group) is 1. The summed E-state index contributed by atoms with van der Waals surface area (Å²) in [6, 6.07) is 2.33. The molecule has 2 rings (SSSR count). The zero-order valence-electron chi connectivity index (χ0n) is 9.25. The SMILES string of the molecule is CC(C)c1cnc2c(c1)CCN(C)C2. The van der Waals surface area contributed by atoms with Crippen LogP contribution in [0, 0.1) is 0 Å². The highest BCUT2D eigenvalue weighted by Crippen LogP contribution is 2.20. The highest BCUT2D eigenvalue weighted by molar-refractivity contribution is 5.28. The number of rotatable bonds is 1. The van der Waals surface area contributed by atoms with E-state index in [1.54, 1.807) is 0 Å². The summed E-state index contributed by atoms with van der Waals surface area (Å²) in [7, 11) is 2.15. The fraction of sp³-hybridized carbons (Fsp3) is 0.583. The molecule has 2 nitrogen and oxygen atoms in total. The van der Waals surface area contributed by atoms with Crippen molar-refractivity contribution in [2.75, 3.05) is 13.6 Å². The van der Waals surface area contributed by atoms with E-state index in [0.717, 1.165) is 19.5 Å². The Morgan fingerprint density at radius 1 is 1.43 bits per heavy atom. The predicted octanol–water partition coefficient (Wildman–Crippen LogP) is 2.19. The van der Waals surface area contributed by atoms with Gasteiger partial charge in [-0.1, -0.05) is 19.9 Å². The Kier molecular flexibility index (Phi) is 2.55. The van der Waals surface area contributed by atoms with Crippen LogP contribution in [0.4, 0.5) is 0 Å². The van der Waals surface area contributed by atoms with Crippen LogP contribution in [0.25, 0.3) is 0 Å². The Morgan fingerprint density at radius 2 is 2.21 bits per heavy atom. The number of hydrogen-bond acceptors (Lipinski definition) is 2. The van der Waals surface area contributed by atoms with Crippen molar-refractivity contribution in [2.45, 2.75) is 32.7 Å². The standard InChI is InChI=1S/C12H18N2/c1-9(2)11-6-10-4-5-14(3)8-12(10)13-7-11/h6-7,9H,4-5,8H2,1-3H3. The maximum atomic E-state index is 4.55. The van der Waals surface area contributed by atoms with E-state index in [-0.39, 0.29) is 0 Å². The quantitative estimate of drug-likeness (QED) is 0.675. The van der Waals surface area contributed by atoms with Crippen LogP contribution < -0.4 is 0 Å². The summed E-state index contributed by atoms with van der Waals surface area (Å²) in [5, 5.41) is 0. The number of hydrogen-bond donors (Lipinski definition) is 0. The molecule has 14 heavy (non-hydrogen) atoms. The minimum atomic E-state index is 0.590. The molecule has 0 unspecified atom stereocenters. The minimum absolute atomic E-state index is 0.590. The van der Waals surface area contributed by atoms with Gasteiger partial charge in [-0.05, 0) is 30.5 Å². The Hall–Kier alpha value is -0.890. The Bertz CT molecular complexity index is 331. The average Bonchev–Trinajstić information content (AvgIpc) is 2.16. The van der Waals surface area contributed by atoms with E-state index in [1.165, 1.54) is 16.8 Å². The lowest BCUT2D eigenvalue weighted by molar-refractivity contribution is 0.307. The lowest BCUT2D eigenvalue weighted by Crippen LogP contribution is -2.27. The Balaban J connectivity index is 2.31. The first-order chi connectivity index (χ1) is 6.66. The molecule has 0 atom stereocenters. The van der Waals surface area contributed by atoms with Gasteiger partial charge in [0.1, 0.15) is 0 Å². The Morgan fingerprint density at radius 3 is 2.93 bits per heavy atom. The van der Waals surface area contributed by atoms with Gasteiger partial charge in [0, 0.05) is 19.3 Å². The molecule has 0 aromatic carbocycles. The zero-order valence-corrected chi connectivity index (χ0v) is 9.25. The fourth-order valence-corrected chi connectivity index (χ4v) is 1.88. The number of fused-ring (bicyclic) bond motifs is 1. The molecular formula is C12H18N2. The molecule has 2 heteroatoms. The van der Waals surface area contributed by atoms with E-state index in [4.69, 9.17) is 0 Å². The van der Waals surface area contributed by atoms with Gasteiger partial charge in [0.2, 0.25) is 0 Å². The normalized spacial score (nSPS) is 17.1. The number of aromatic nitrogens is 1. The van der Waals surface area contributed by atoms with Gasteiger partial charge >= 0.3 is 0 Å². The molecule has 0 spiro atoms. The average molecular weight is 190 g/mol. The molecule has 0 amide bonds. The molecule has 0 saturated carbocycles. The second-order valence-electron chi connectivity index (χ2n) is 4.52. The predicted molar refractivity (Wildman–Crippen MR) is 58.4 cm³/mol. The highest BCUT2D eigenvalue weighted by Gasteiger charge is 2.14. The fourth-order valence-electron chi connectivity index (χ4n) is 1.88. The number of pyridine rings is 1. The van der Waals surface area contributed by atoms with E-state index in [1.807, 2.05) is 6.20 Å². The van der Waals surface area contributed by atoms with Crippen molar-refractivity contribution >= 4 is 0 Å². The first-order valence-corrected chi connectivity index (χ1v) is 5.33. The third-order valence-electron chi connectivity index (χ3n) is 2.93. The van der Waals surface area contributed by atoms with Crippen molar-refractivity contribution in [3.8, 4) is 0 Å². The van der Waals surface area contributed by atoms with E-state index in [0.29, 0.717) is 5.92 Å². The van der Waals surface area contributed by atoms with Crippen LogP contribution in [-0.4, -0.2) is 23.5 Å². The summed E-state index contributed by atoms with van der Waals surface area (Å²) in [6.45, 7) is 6.61. The molecule has 0 aliphatic carbocycles. The summed E-state index contributed by atoms with van der Waals surface area (Å²) in [5.74, 6) is 0.590. The van der Waals surface area contributed by atoms with Crippen LogP contribution in [0.1, 0.15) is 36.6 Å². The van der Waals surface area contributed by atoms with E-state index < -0.39 is 0 Å². The van der Waals surface area contributed by atoms with Gasteiger partial charge in [-0.25, -0.2) is 0 Å². The van der Waals surface area contributed by atoms with Crippen molar-refractivity contribution in [3.05, 3.63) is 29.1 Å². The van der Waals surface area contributed by atoms with Crippen molar-refractivity contribution in [1.82, 2.24) is 9.88 Å². The highest BCUT2D eigenvalue weighted by atomic mass is 15.1. The van der Waals surface area contributed by atoms with Crippen LogP contribution in [0.15, 0.2) is 12.3 Å². The molecular weight excluding hydrogens is 172 g/mol. The van der Waals surface area contributed by atoms with E-state index in [9.17, 15) is 0 Å². The maximum Gasteiger partial charge on any atom is 0.0576 e. The van der Waals surface area contributed by atoms with Gasteiger partial charge in [-0.2, -0.15) is 0 Å². The largest absolute Gasteiger partial charge is 0.300 e. The summed E-state index contributed by atoms with van der Waals surface area (Å²) in [5.41, 5.74) is 4.09. The third kappa shape index (κ3) is 1.80. The van der Waals surface area contributed by atoms with Gasteiger partial charge in [0.05, 0.1) is 5.69 Å². The monoisotopic (exact) mass is 190 g/mol. The van der Waals surface area contributed by atoms with Crippen molar-refractivity contribution in [1.29, 1.82) is 0 Å². The first kappa shape index (κ1) is 9.66. The molecule has 1 aliphatic rings. The third-order valence-corrected chi connectivity index (χ3v) is 2.93. The summed E-state index contributed by atoms with van der Waals surface area (Å²) in [4.78, 5) is 6.87. The molecule has 0 saturated heterocycles. The van der Waals surface area contributed by atoms with Gasteiger partial charge in [-0.15, -0.1) is 0 Å². The smallest absolute Gasteiger partial charge is 0.0576 e. The zero-order chi connectivity index (χ0) is 10.1. The molecule has 1 aliphatic heterocycles. The van der Waals surface area contributed by atoms with Crippen molar-refractivity contribution in [3.63, 3.8) is 0 Å². The summed E-state index contributed by atoms with van der Waals surface area (Å²) in [6.07, 6.45) is 3.18. The second-order valence-corrected chi connectivity index (χ2v) is 4.52. The molecule has 1 aromatic heterocycles. The molecule has 76 valence electrons. The van der Waals surface area contributed by atoms with E-state index >= 15 is 0 Å². The summed E-state index contributed by atoms with van der Waals surface area (Å²) >= 11 is 0. The van der Waals surface area contributed by atoms with Crippen LogP contribution in [-0.2, 0) is 13.0 Å². The molecule has 0 fully saturated rings. The number of nitrogens with zero attached hydrogens (tertiary/aromatic N) is 2. The molecule has 0 bridgehead atoms. The lowest BCUT2D eigenvalue weighted by atomic mass is 9.98. The van der Waals surface area contributed by atoms with Crippen molar-refractivity contribution in [2.24, 2.45) is 0 Å². The van der Waals surface area contributed by atoms with Crippen LogP contribution in [0.3, 0.4) is 0 Å². The van der Waals surface area contributed by atoms with Gasteiger partial charge < -0.3 is 4.90 Å².